The Bertz CT molecular complexity index is 538. The molecule has 0 fully saturated rings. The summed E-state index contributed by atoms with van der Waals surface area (Å²) in [6, 6.07) is 10.1. The number of carbonyl (C=O) groups excluding carboxylic acids is 1. The molecule has 0 atom stereocenters. The van der Waals surface area contributed by atoms with Gasteiger partial charge in [-0.3, -0.25) is 4.79 Å². The van der Waals surface area contributed by atoms with Crippen molar-refractivity contribution in [1.29, 1.82) is 0 Å². The van der Waals surface area contributed by atoms with Crippen LogP contribution in [0.4, 0.5) is 0 Å². The van der Waals surface area contributed by atoms with Crippen LogP contribution in [0.3, 0.4) is 0 Å². The van der Waals surface area contributed by atoms with E-state index in [1.54, 1.807) is 0 Å². The lowest BCUT2D eigenvalue weighted by molar-refractivity contribution is -0.115. The molecule has 5 nitrogen and oxygen atoms in total. The average molecular weight is 262 g/mol. The second kappa shape index (κ2) is 5.68. The highest BCUT2D eigenvalue weighted by Crippen LogP contribution is 2.16. The van der Waals surface area contributed by atoms with Crippen molar-refractivity contribution in [2.75, 3.05) is 5.75 Å². The van der Waals surface area contributed by atoms with Crippen LogP contribution in [-0.2, 0) is 18.3 Å². The Balaban J connectivity index is 2.08. The zero-order valence-electron chi connectivity index (χ0n) is 10.0. The van der Waals surface area contributed by atoms with E-state index in [0.717, 1.165) is 12.2 Å². The molecule has 2 N–H and O–H groups in total. The maximum atomic E-state index is 10.7. The normalized spacial score (nSPS) is 10.5. The Morgan fingerprint density at radius 2 is 2.06 bits per heavy atom. The molecule has 0 aliphatic carbocycles. The first-order chi connectivity index (χ1) is 8.66. The number of hydrogen-bond acceptors (Lipinski definition) is 4. The van der Waals surface area contributed by atoms with Gasteiger partial charge in [-0.05, 0) is 5.56 Å². The van der Waals surface area contributed by atoms with E-state index < -0.39 is 0 Å². The number of benzene rings is 1. The van der Waals surface area contributed by atoms with Gasteiger partial charge in [0.25, 0.3) is 0 Å². The van der Waals surface area contributed by atoms with E-state index in [-0.39, 0.29) is 11.7 Å². The first kappa shape index (κ1) is 12.6. The fourth-order valence-electron chi connectivity index (χ4n) is 1.54. The van der Waals surface area contributed by atoms with Gasteiger partial charge in [-0.1, -0.05) is 42.1 Å². The van der Waals surface area contributed by atoms with E-state index in [1.807, 2.05) is 41.9 Å². The molecule has 18 heavy (non-hydrogen) atoms. The number of nitrogens with zero attached hydrogens (tertiary/aromatic N) is 3. The Morgan fingerprint density at radius 3 is 2.72 bits per heavy atom. The second-order valence-electron chi connectivity index (χ2n) is 3.88. The number of nitrogens with two attached hydrogens (primary N) is 1. The van der Waals surface area contributed by atoms with E-state index in [9.17, 15) is 4.79 Å². The second-order valence-corrected chi connectivity index (χ2v) is 4.82. The molecule has 6 heteroatoms. The van der Waals surface area contributed by atoms with Crippen molar-refractivity contribution >= 4 is 17.7 Å². The van der Waals surface area contributed by atoms with Gasteiger partial charge in [0.15, 0.2) is 5.16 Å². The van der Waals surface area contributed by atoms with Crippen LogP contribution >= 0.6 is 11.8 Å². The van der Waals surface area contributed by atoms with Gasteiger partial charge >= 0.3 is 0 Å². The monoisotopic (exact) mass is 262 g/mol. The van der Waals surface area contributed by atoms with Crippen LogP contribution in [0.2, 0.25) is 0 Å². The summed E-state index contributed by atoms with van der Waals surface area (Å²) in [4.78, 5) is 10.7. The summed E-state index contributed by atoms with van der Waals surface area (Å²) in [6.07, 6.45) is 0.724. The highest BCUT2D eigenvalue weighted by molar-refractivity contribution is 7.99. The summed E-state index contributed by atoms with van der Waals surface area (Å²) in [5, 5.41) is 8.89. The summed E-state index contributed by atoms with van der Waals surface area (Å²) in [6.45, 7) is 0. The number of hydrogen-bond donors (Lipinski definition) is 1. The topological polar surface area (TPSA) is 73.8 Å². The van der Waals surface area contributed by atoms with E-state index in [2.05, 4.69) is 10.2 Å². The maximum absolute atomic E-state index is 10.7. The van der Waals surface area contributed by atoms with Gasteiger partial charge in [0.1, 0.15) is 5.82 Å². The Hall–Kier alpha value is -1.82. The average Bonchev–Trinajstić information content (AvgIpc) is 2.70. The minimum absolute atomic E-state index is 0.220. The SMILES string of the molecule is Cn1c(Cc2ccccc2)nnc1SCC(N)=O. The number of primary amides is 1. The minimum Gasteiger partial charge on any atom is -0.369 e. The minimum atomic E-state index is -0.354. The largest absolute Gasteiger partial charge is 0.369 e. The van der Waals surface area contributed by atoms with Crippen molar-refractivity contribution < 1.29 is 4.79 Å². The fraction of sp³-hybridized carbons (Fsp3) is 0.250. The van der Waals surface area contributed by atoms with Gasteiger partial charge in [-0.2, -0.15) is 0 Å². The van der Waals surface area contributed by atoms with Crippen LogP contribution < -0.4 is 5.73 Å². The summed E-state index contributed by atoms with van der Waals surface area (Å²) in [7, 11) is 1.89. The third-order valence-corrected chi connectivity index (χ3v) is 3.52. The highest BCUT2D eigenvalue weighted by atomic mass is 32.2. The van der Waals surface area contributed by atoms with Crippen molar-refractivity contribution in [3.05, 3.63) is 41.7 Å². The van der Waals surface area contributed by atoms with Gasteiger partial charge in [-0.25, -0.2) is 0 Å². The van der Waals surface area contributed by atoms with Crippen molar-refractivity contribution in [1.82, 2.24) is 14.8 Å². The lowest BCUT2D eigenvalue weighted by atomic mass is 10.1. The van der Waals surface area contributed by atoms with Gasteiger partial charge in [0, 0.05) is 13.5 Å². The molecule has 94 valence electrons. The van der Waals surface area contributed by atoms with Gasteiger partial charge in [0.2, 0.25) is 5.91 Å². The number of aromatic nitrogens is 3. The van der Waals surface area contributed by atoms with E-state index in [0.29, 0.717) is 5.16 Å². The van der Waals surface area contributed by atoms with Gasteiger partial charge in [-0.15, -0.1) is 10.2 Å². The van der Waals surface area contributed by atoms with Crippen LogP contribution in [0.1, 0.15) is 11.4 Å². The fourth-order valence-corrected chi connectivity index (χ4v) is 2.21. The number of amides is 1. The number of thioether (sulfide) groups is 1. The van der Waals surface area contributed by atoms with E-state index in [1.165, 1.54) is 17.3 Å². The summed E-state index contributed by atoms with van der Waals surface area (Å²) in [5.41, 5.74) is 6.28. The molecule has 0 spiro atoms. The molecule has 0 unspecified atom stereocenters. The van der Waals surface area contributed by atoms with E-state index >= 15 is 0 Å². The summed E-state index contributed by atoms with van der Waals surface area (Å²) < 4.78 is 1.89. The predicted molar refractivity (Wildman–Crippen MR) is 70.2 cm³/mol. The third kappa shape index (κ3) is 3.10. The van der Waals surface area contributed by atoms with Crippen molar-refractivity contribution in [2.24, 2.45) is 12.8 Å². The first-order valence-electron chi connectivity index (χ1n) is 5.50. The highest BCUT2D eigenvalue weighted by Gasteiger charge is 2.10. The summed E-state index contributed by atoms with van der Waals surface area (Å²) >= 11 is 1.30. The third-order valence-electron chi connectivity index (χ3n) is 2.47. The molecule has 0 aliphatic heterocycles. The maximum Gasteiger partial charge on any atom is 0.227 e. The molecule has 0 saturated carbocycles. The Morgan fingerprint density at radius 1 is 1.33 bits per heavy atom. The van der Waals surface area contributed by atoms with Crippen molar-refractivity contribution in [2.45, 2.75) is 11.6 Å². The molecule has 1 heterocycles. The molecule has 0 aliphatic rings. The number of rotatable bonds is 5. The molecule has 1 aromatic carbocycles. The van der Waals surface area contributed by atoms with Crippen LogP contribution in [0.15, 0.2) is 35.5 Å². The van der Waals surface area contributed by atoms with Crippen LogP contribution in [-0.4, -0.2) is 26.4 Å². The molecule has 2 aromatic rings. The molecular formula is C12H14N4OS. The van der Waals surface area contributed by atoms with Crippen LogP contribution in [0.5, 0.6) is 0 Å². The molecule has 0 radical (unpaired) electrons. The lowest BCUT2D eigenvalue weighted by Gasteiger charge is -2.03. The summed E-state index contributed by atoms with van der Waals surface area (Å²) in [5.74, 6) is 0.734. The molecule has 0 saturated heterocycles. The standard InChI is InChI=1S/C12H14N4OS/c1-16-11(7-9-5-3-2-4-6-9)14-15-12(16)18-8-10(13)17/h2-6H,7-8H2,1H3,(H2,13,17). The van der Waals surface area contributed by atoms with E-state index in [4.69, 9.17) is 5.73 Å². The molecule has 2 rings (SSSR count). The van der Waals surface area contributed by atoms with Crippen molar-refractivity contribution in [3.8, 4) is 0 Å². The first-order valence-corrected chi connectivity index (χ1v) is 6.48. The van der Waals surface area contributed by atoms with Gasteiger partial charge < -0.3 is 10.3 Å². The zero-order chi connectivity index (χ0) is 13.0. The Kier molecular flexibility index (Phi) is 3.99. The quantitative estimate of drug-likeness (QED) is 0.815. The Labute approximate surface area is 109 Å². The van der Waals surface area contributed by atoms with Crippen LogP contribution in [0.25, 0.3) is 0 Å². The number of carbonyl (C=O) groups is 1. The molecule has 0 bridgehead atoms. The van der Waals surface area contributed by atoms with Crippen LogP contribution in [0, 0.1) is 0 Å². The smallest absolute Gasteiger partial charge is 0.227 e. The molecule has 1 aromatic heterocycles. The predicted octanol–water partition coefficient (Wildman–Crippen LogP) is 0.983. The molecular weight excluding hydrogens is 248 g/mol. The van der Waals surface area contributed by atoms with Crippen molar-refractivity contribution in [3.63, 3.8) is 0 Å². The molecule has 1 amide bonds. The zero-order valence-corrected chi connectivity index (χ0v) is 10.9. The van der Waals surface area contributed by atoms with Gasteiger partial charge in [0.05, 0.1) is 5.75 Å². The lowest BCUT2D eigenvalue weighted by Crippen LogP contribution is -2.13.